The van der Waals surface area contributed by atoms with E-state index in [1.807, 2.05) is 0 Å². The molecule has 0 aliphatic rings. The molecule has 0 heterocycles. The standard InChI is InChI=1S/C14H30N2OS/c1-6-8-15-12(14(3,4)5)10-18-11-13(17)16-9-7-2/h12,15H,6-11H2,1-5H3,(H,16,17). The minimum absolute atomic E-state index is 0.157. The first-order valence-corrected chi connectivity index (χ1v) is 8.15. The van der Waals surface area contributed by atoms with Crippen molar-refractivity contribution in [1.29, 1.82) is 0 Å². The summed E-state index contributed by atoms with van der Waals surface area (Å²) in [5.74, 6) is 1.72. The summed E-state index contributed by atoms with van der Waals surface area (Å²) in [6.45, 7) is 12.8. The molecule has 0 aromatic heterocycles. The number of nitrogens with one attached hydrogen (secondary N) is 2. The SMILES string of the molecule is CCCNC(=O)CSCC(NCCC)C(C)(C)C. The van der Waals surface area contributed by atoms with E-state index in [0.29, 0.717) is 11.8 Å². The lowest BCUT2D eigenvalue weighted by atomic mass is 9.88. The molecule has 3 nitrogen and oxygen atoms in total. The van der Waals surface area contributed by atoms with Crippen molar-refractivity contribution in [3.63, 3.8) is 0 Å². The van der Waals surface area contributed by atoms with E-state index < -0.39 is 0 Å². The first kappa shape index (κ1) is 17.8. The van der Waals surface area contributed by atoms with Gasteiger partial charge in [-0.25, -0.2) is 0 Å². The highest BCUT2D eigenvalue weighted by molar-refractivity contribution is 8.00. The molecule has 0 aliphatic heterocycles. The Labute approximate surface area is 117 Å². The molecule has 0 saturated carbocycles. The molecule has 0 aromatic carbocycles. The van der Waals surface area contributed by atoms with Gasteiger partial charge in [-0.2, -0.15) is 11.8 Å². The molecule has 0 radical (unpaired) electrons. The highest BCUT2D eigenvalue weighted by Crippen LogP contribution is 2.22. The quantitative estimate of drug-likeness (QED) is 0.679. The first-order valence-electron chi connectivity index (χ1n) is 6.99. The monoisotopic (exact) mass is 274 g/mol. The molecule has 18 heavy (non-hydrogen) atoms. The largest absolute Gasteiger partial charge is 0.355 e. The van der Waals surface area contributed by atoms with Gasteiger partial charge in [0.2, 0.25) is 5.91 Å². The average Bonchev–Trinajstić information content (AvgIpc) is 2.29. The van der Waals surface area contributed by atoms with E-state index in [1.165, 1.54) is 0 Å². The Morgan fingerprint density at radius 3 is 2.28 bits per heavy atom. The van der Waals surface area contributed by atoms with Gasteiger partial charge in [-0.3, -0.25) is 4.79 Å². The maximum atomic E-state index is 11.5. The topological polar surface area (TPSA) is 41.1 Å². The van der Waals surface area contributed by atoms with Gasteiger partial charge >= 0.3 is 0 Å². The van der Waals surface area contributed by atoms with Crippen LogP contribution in [-0.4, -0.2) is 36.5 Å². The number of hydrogen-bond acceptors (Lipinski definition) is 3. The lowest BCUT2D eigenvalue weighted by Crippen LogP contribution is -2.43. The van der Waals surface area contributed by atoms with Crippen LogP contribution in [0.5, 0.6) is 0 Å². The summed E-state index contributed by atoms with van der Waals surface area (Å²) < 4.78 is 0. The van der Waals surface area contributed by atoms with Crippen molar-refractivity contribution in [3.05, 3.63) is 0 Å². The van der Waals surface area contributed by atoms with E-state index in [-0.39, 0.29) is 11.3 Å². The summed E-state index contributed by atoms with van der Waals surface area (Å²) in [4.78, 5) is 11.5. The van der Waals surface area contributed by atoms with E-state index in [2.05, 4.69) is 45.3 Å². The molecular formula is C14H30N2OS. The Morgan fingerprint density at radius 2 is 1.78 bits per heavy atom. The van der Waals surface area contributed by atoms with Crippen LogP contribution in [0, 0.1) is 5.41 Å². The van der Waals surface area contributed by atoms with Gasteiger partial charge in [-0.1, -0.05) is 34.6 Å². The molecular weight excluding hydrogens is 244 g/mol. The van der Waals surface area contributed by atoms with Crippen molar-refractivity contribution in [2.45, 2.75) is 53.5 Å². The summed E-state index contributed by atoms with van der Waals surface area (Å²) in [6, 6.07) is 0.460. The van der Waals surface area contributed by atoms with Crippen molar-refractivity contribution in [2.75, 3.05) is 24.6 Å². The first-order chi connectivity index (χ1) is 8.41. The van der Waals surface area contributed by atoms with E-state index in [4.69, 9.17) is 0 Å². The van der Waals surface area contributed by atoms with Crippen LogP contribution in [0.2, 0.25) is 0 Å². The molecule has 0 fully saturated rings. The molecule has 108 valence electrons. The fraction of sp³-hybridized carbons (Fsp3) is 0.929. The summed E-state index contributed by atoms with van der Waals surface area (Å²) in [5, 5.41) is 6.48. The fourth-order valence-corrected chi connectivity index (χ4v) is 2.78. The number of thioether (sulfide) groups is 1. The molecule has 0 bridgehead atoms. The van der Waals surface area contributed by atoms with Crippen LogP contribution < -0.4 is 10.6 Å². The normalized spacial score (nSPS) is 13.4. The second-order valence-electron chi connectivity index (χ2n) is 5.74. The third-order valence-electron chi connectivity index (χ3n) is 2.78. The zero-order valence-electron chi connectivity index (χ0n) is 12.6. The number of rotatable bonds is 9. The summed E-state index contributed by atoms with van der Waals surface area (Å²) in [5.41, 5.74) is 0.238. The van der Waals surface area contributed by atoms with E-state index in [0.717, 1.165) is 31.7 Å². The van der Waals surface area contributed by atoms with E-state index in [1.54, 1.807) is 11.8 Å². The molecule has 0 rings (SSSR count). The molecule has 1 amide bonds. The van der Waals surface area contributed by atoms with Crippen LogP contribution in [0.1, 0.15) is 47.5 Å². The molecule has 0 saturated heterocycles. The highest BCUT2D eigenvalue weighted by Gasteiger charge is 2.23. The minimum atomic E-state index is 0.157. The maximum absolute atomic E-state index is 11.5. The molecule has 4 heteroatoms. The van der Waals surface area contributed by atoms with Gasteiger partial charge in [0, 0.05) is 18.3 Å². The predicted molar refractivity (Wildman–Crippen MR) is 82.2 cm³/mol. The van der Waals surface area contributed by atoms with E-state index >= 15 is 0 Å². The van der Waals surface area contributed by atoms with Gasteiger partial charge in [0.05, 0.1) is 5.75 Å². The van der Waals surface area contributed by atoms with Gasteiger partial charge in [0.1, 0.15) is 0 Å². The van der Waals surface area contributed by atoms with Crippen LogP contribution in [0.15, 0.2) is 0 Å². The summed E-state index contributed by atoms with van der Waals surface area (Å²) >= 11 is 1.72. The second-order valence-corrected chi connectivity index (χ2v) is 6.77. The Kier molecular flexibility index (Phi) is 9.56. The van der Waals surface area contributed by atoms with Gasteiger partial charge in [0.25, 0.3) is 0 Å². The van der Waals surface area contributed by atoms with E-state index in [9.17, 15) is 4.79 Å². The predicted octanol–water partition coefficient (Wildman–Crippen LogP) is 2.66. The third kappa shape index (κ3) is 8.81. The zero-order valence-corrected chi connectivity index (χ0v) is 13.5. The molecule has 0 aromatic rings. The zero-order chi connectivity index (χ0) is 14.0. The number of amides is 1. The van der Waals surface area contributed by atoms with Crippen molar-refractivity contribution < 1.29 is 4.79 Å². The summed E-state index contributed by atoms with van der Waals surface area (Å²) in [7, 11) is 0. The van der Waals surface area contributed by atoms with Gasteiger partial charge in [-0.15, -0.1) is 0 Å². The number of carbonyl (C=O) groups is 1. The Hall–Kier alpha value is -0.220. The van der Waals surface area contributed by atoms with Crippen molar-refractivity contribution >= 4 is 17.7 Å². The lowest BCUT2D eigenvalue weighted by molar-refractivity contribution is -0.118. The fourth-order valence-electron chi connectivity index (χ4n) is 1.52. The minimum Gasteiger partial charge on any atom is -0.355 e. The van der Waals surface area contributed by atoms with Crippen molar-refractivity contribution in [2.24, 2.45) is 5.41 Å². The molecule has 1 unspecified atom stereocenters. The second kappa shape index (κ2) is 9.68. The van der Waals surface area contributed by atoms with Crippen LogP contribution in [0.25, 0.3) is 0 Å². The molecule has 0 aliphatic carbocycles. The Morgan fingerprint density at radius 1 is 1.17 bits per heavy atom. The Balaban J connectivity index is 3.92. The molecule has 1 atom stereocenters. The van der Waals surface area contributed by atoms with Crippen LogP contribution in [0.3, 0.4) is 0 Å². The van der Waals surface area contributed by atoms with Gasteiger partial charge in [0.15, 0.2) is 0 Å². The van der Waals surface area contributed by atoms with Crippen LogP contribution >= 0.6 is 11.8 Å². The highest BCUT2D eigenvalue weighted by atomic mass is 32.2. The maximum Gasteiger partial charge on any atom is 0.229 e. The van der Waals surface area contributed by atoms with Crippen LogP contribution in [-0.2, 0) is 4.79 Å². The number of carbonyl (C=O) groups excluding carboxylic acids is 1. The molecule has 0 spiro atoms. The number of hydrogen-bond donors (Lipinski definition) is 2. The molecule has 2 N–H and O–H groups in total. The third-order valence-corrected chi connectivity index (χ3v) is 3.81. The van der Waals surface area contributed by atoms with Gasteiger partial charge < -0.3 is 10.6 Å². The average molecular weight is 274 g/mol. The van der Waals surface area contributed by atoms with Crippen molar-refractivity contribution in [3.8, 4) is 0 Å². The van der Waals surface area contributed by atoms with Crippen molar-refractivity contribution in [1.82, 2.24) is 10.6 Å². The van der Waals surface area contributed by atoms with Gasteiger partial charge in [-0.05, 0) is 24.8 Å². The smallest absolute Gasteiger partial charge is 0.229 e. The summed E-state index contributed by atoms with van der Waals surface area (Å²) in [6.07, 6.45) is 2.15. The Bertz CT molecular complexity index is 226. The van der Waals surface area contributed by atoms with Crippen LogP contribution in [0.4, 0.5) is 0 Å². The lowest BCUT2D eigenvalue weighted by Gasteiger charge is -2.31.